The zero-order chi connectivity index (χ0) is 11.8. The van der Waals surface area contributed by atoms with Crippen molar-refractivity contribution in [2.75, 3.05) is 31.1 Å². The zero-order valence-corrected chi connectivity index (χ0v) is 10.5. The van der Waals surface area contributed by atoms with Crippen molar-refractivity contribution in [2.45, 2.75) is 18.9 Å². The second-order valence-electron chi connectivity index (χ2n) is 4.87. The molecule has 4 heteroatoms. The van der Waals surface area contributed by atoms with Crippen LogP contribution in [0.4, 0.5) is 10.1 Å². The van der Waals surface area contributed by atoms with Crippen molar-refractivity contribution < 1.29 is 4.39 Å². The molecule has 2 aliphatic heterocycles. The molecule has 1 aromatic carbocycles. The van der Waals surface area contributed by atoms with Crippen molar-refractivity contribution in [3.05, 3.63) is 29.0 Å². The Balaban J connectivity index is 1.82. The fourth-order valence-corrected chi connectivity index (χ4v) is 3.18. The quantitative estimate of drug-likeness (QED) is 0.760. The van der Waals surface area contributed by atoms with Gasteiger partial charge in [0.15, 0.2) is 0 Å². The van der Waals surface area contributed by atoms with Gasteiger partial charge in [-0.15, -0.1) is 0 Å². The fraction of sp³-hybridized carbons (Fsp3) is 0.538. The summed E-state index contributed by atoms with van der Waals surface area (Å²) in [6.07, 6.45) is 2.54. The molecule has 2 nitrogen and oxygen atoms in total. The van der Waals surface area contributed by atoms with E-state index < -0.39 is 0 Å². The van der Waals surface area contributed by atoms with Crippen LogP contribution in [0.3, 0.4) is 0 Å². The highest BCUT2D eigenvalue weighted by Crippen LogP contribution is 2.30. The van der Waals surface area contributed by atoms with E-state index in [0.29, 0.717) is 11.1 Å². The molecule has 0 aliphatic carbocycles. The van der Waals surface area contributed by atoms with E-state index >= 15 is 0 Å². The number of fused-ring (bicyclic) bond motifs is 1. The molecular weight excluding hydrogens is 239 g/mol. The number of anilines is 1. The molecule has 0 radical (unpaired) electrons. The first-order valence-electron chi connectivity index (χ1n) is 6.18. The number of nitrogens with zero attached hydrogens (tertiary/aromatic N) is 2. The number of piperazine rings is 1. The van der Waals surface area contributed by atoms with Crippen LogP contribution in [0.5, 0.6) is 0 Å². The molecule has 0 spiro atoms. The van der Waals surface area contributed by atoms with Gasteiger partial charge in [-0.25, -0.2) is 4.39 Å². The molecule has 0 aromatic heterocycles. The number of rotatable bonds is 1. The third-order valence-electron chi connectivity index (χ3n) is 3.84. The van der Waals surface area contributed by atoms with Crippen molar-refractivity contribution in [1.29, 1.82) is 0 Å². The molecule has 2 heterocycles. The Kier molecular flexibility index (Phi) is 2.97. The molecule has 17 heavy (non-hydrogen) atoms. The van der Waals surface area contributed by atoms with E-state index in [2.05, 4.69) is 9.80 Å². The Morgan fingerprint density at radius 1 is 1.24 bits per heavy atom. The van der Waals surface area contributed by atoms with Gasteiger partial charge in [0.05, 0.1) is 10.7 Å². The summed E-state index contributed by atoms with van der Waals surface area (Å²) in [4.78, 5) is 4.75. The van der Waals surface area contributed by atoms with Gasteiger partial charge in [0.2, 0.25) is 0 Å². The molecule has 1 aromatic rings. The van der Waals surface area contributed by atoms with Gasteiger partial charge < -0.3 is 4.90 Å². The van der Waals surface area contributed by atoms with Crippen LogP contribution in [0.15, 0.2) is 18.2 Å². The van der Waals surface area contributed by atoms with E-state index in [0.717, 1.165) is 25.3 Å². The van der Waals surface area contributed by atoms with E-state index in [1.807, 2.05) is 0 Å². The van der Waals surface area contributed by atoms with Gasteiger partial charge >= 0.3 is 0 Å². The maximum atomic E-state index is 13.3. The smallest absolute Gasteiger partial charge is 0.125 e. The largest absolute Gasteiger partial charge is 0.367 e. The van der Waals surface area contributed by atoms with Crippen LogP contribution < -0.4 is 4.90 Å². The van der Waals surface area contributed by atoms with Crippen LogP contribution in [-0.4, -0.2) is 37.1 Å². The van der Waals surface area contributed by atoms with Crippen LogP contribution >= 0.6 is 11.6 Å². The minimum Gasteiger partial charge on any atom is -0.367 e. The van der Waals surface area contributed by atoms with E-state index in [1.54, 1.807) is 12.1 Å². The molecule has 2 aliphatic rings. The lowest BCUT2D eigenvalue weighted by atomic mass is 10.1. The second-order valence-corrected chi connectivity index (χ2v) is 5.28. The minimum absolute atomic E-state index is 0.210. The number of benzene rings is 1. The van der Waals surface area contributed by atoms with E-state index in [1.165, 1.54) is 25.5 Å². The molecule has 2 saturated heterocycles. The van der Waals surface area contributed by atoms with Gasteiger partial charge in [0.1, 0.15) is 5.82 Å². The first-order chi connectivity index (χ1) is 8.24. The Bertz CT molecular complexity index is 424. The van der Waals surface area contributed by atoms with Crippen molar-refractivity contribution in [2.24, 2.45) is 0 Å². The highest BCUT2D eigenvalue weighted by Gasteiger charge is 2.31. The van der Waals surface area contributed by atoms with Gasteiger partial charge in [0.25, 0.3) is 0 Å². The van der Waals surface area contributed by atoms with E-state index in [9.17, 15) is 4.39 Å². The Morgan fingerprint density at radius 3 is 3.00 bits per heavy atom. The van der Waals surface area contributed by atoms with Crippen molar-refractivity contribution >= 4 is 17.3 Å². The number of hydrogen-bond acceptors (Lipinski definition) is 2. The number of hydrogen-bond donors (Lipinski definition) is 0. The molecule has 92 valence electrons. The molecule has 1 unspecified atom stereocenters. The maximum Gasteiger partial charge on any atom is 0.125 e. The van der Waals surface area contributed by atoms with E-state index in [4.69, 9.17) is 11.6 Å². The molecule has 3 rings (SSSR count). The van der Waals surface area contributed by atoms with Crippen LogP contribution in [0.25, 0.3) is 0 Å². The normalized spacial score (nSPS) is 25.1. The Labute approximate surface area is 106 Å². The van der Waals surface area contributed by atoms with Crippen molar-refractivity contribution in [3.8, 4) is 0 Å². The van der Waals surface area contributed by atoms with Crippen molar-refractivity contribution in [1.82, 2.24) is 4.90 Å². The molecular formula is C13H16ClFN2. The average Bonchev–Trinajstić information content (AvgIpc) is 2.79. The first kappa shape index (κ1) is 11.3. The van der Waals surface area contributed by atoms with Gasteiger partial charge in [-0.1, -0.05) is 11.6 Å². The minimum atomic E-state index is -0.210. The van der Waals surface area contributed by atoms with Crippen LogP contribution in [0.1, 0.15) is 12.8 Å². The van der Waals surface area contributed by atoms with Gasteiger partial charge in [0, 0.05) is 25.7 Å². The van der Waals surface area contributed by atoms with Crippen LogP contribution in [0.2, 0.25) is 5.02 Å². The Hall–Kier alpha value is -0.800. The number of halogens is 2. The maximum absolute atomic E-state index is 13.3. The first-order valence-corrected chi connectivity index (χ1v) is 6.56. The highest BCUT2D eigenvalue weighted by molar-refractivity contribution is 6.33. The Morgan fingerprint density at radius 2 is 2.12 bits per heavy atom. The lowest BCUT2D eigenvalue weighted by Crippen LogP contribution is -2.50. The molecule has 1 atom stereocenters. The fourth-order valence-electron chi connectivity index (χ4n) is 2.94. The molecule has 0 saturated carbocycles. The molecule has 0 amide bonds. The van der Waals surface area contributed by atoms with Gasteiger partial charge in [-0.2, -0.15) is 0 Å². The van der Waals surface area contributed by atoms with Gasteiger partial charge in [-0.05, 0) is 37.6 Å². The van der Waals surface area contributed by atoms with E-state index in [-0.39, 0.29) is 5.82 Å². The summed E-state index contributed by atoms with van der Waals surface area (Å²) in [6, 6.07) is 5.24. The molecule has 0 bridgehead atoms. The predicted octanol–water partition coefficient (Wildman–Crippen LogP) is 2.76. The summed E-state index contributed by atoms with van der Waals surface area (Å²) in [5.41, 5.74) is 0.846. The standard InChI is InChI=1S/C13H16ClFN2/c14-12-4-3-10(15)8-13(12)17-7-6-16-5-1-2-11(16)9-17/h3-4,8,11H,1-2,5-7,9H2. The van der Waals surface area contributed by atoms with Crippen LogP contribution in [-0.2, 0) is 0 Å². The lowest BCUT2D eigenvalue weighted by Gasteiger charge is -2.39. The lowest BCUT2D eigenvalue weighted by molar-refractivity contribution is 0.231. The zero-order valence-electron chi connectivity index (χ0n) is 9.70. The third-order valence-corrected chi connectivity index (χ3v) is 4.16. The summed E-state index contributed by atoms with van der Waals surface area (Å²) in [5, 5.41) is 0.651. The summed E-state index contributed by atoms with van der Waals surface area (Å²) in [7, 11) is 0. The van der Waals surface area contributed by atoms with Crippen molar-refractivity contribution in [3.63, 3.8) is 0 Å². The predicted molar refractivity (Wildman–Crippen MR) is 68.2 cm³/mol. The summed E-state index contributed by atoms with van der Waals surface area (Å²) in [5.74, 6) is -0.210. The monoisotopic (exact) mass is 254 g/mol. The van der Waals surface area contributed by atoms with Gasteiger partial charge in [-0.3, -0.25) is 4.90 Å². The third kappa shape index (κ3) is 2.14. The highest BCUT2D eigenvalue weighted by atomic mass is 35.5. The van der Waals surface area contributed by atoms with Crippen LogP contribution in [0, 0.1) is 5.82 Å². The summed E-state index contributed by atoms with van der Waals surface area (Å²) >= 11 is 6.15. The summed E-state index contributed by atoms with van der Waals surface area (Å²) < 4.78 is 13.3. The summed E-state index contributed by atoms with van der Waals surface area (Å²) in [6.45, 7) is 4.20. The molecule has 0 N–H and O–H groups in total. The second kappa shape index (κ2) is 4.46. The SMILES string of the molecule is Fc1ccc(Cl)c(N2CCN3CCCC3C2)c1. The molecule has 2 fully saturated rings. The average molecular weight is 255 g/mol. The topological polar surface area (TPSA) is 6.48 Å².